The number of hydrogen-bond acceptors (Lipinski definition) is 2. The van der Waals surface area contributed by atoms with Crippen LogP contribution in [0, 0.1) is 0 Å². The maximum Gasteiger partial charge on any atom is 0.143 e. The molecule has 9 aromatic carbocycles. The highest BCUT2D eigenvalue weighted by Crippen LogP contribution is 2.46. The molecule has 2 heterocycles. The first-order valence-electron chi connectivity index (χ1n) is 18.8. The molecule has 0 saturated carbocycles. The molecule has 3 heteroatoms. The van der Waals surface area contributed by atoms with Crippen molar-refractivity contribution >= 4 is 71.6 Å². The molecule has 0 radical (unpaired) electrons. The molecule has 11 rings (SSSR count). The molecule has 55 heavy (non-hydrogen) atoms. The summed E-state index contributed by atoms with van der Waals surface area (Å²) in [7, 11) is 0. The molecule has 0 aliphatic rings. The molecule has 0 unspecified atom stereocenters. The van der Waals surface area contributed by atoms with Crippen LogP contribution in [0.5, 0.6) is 0 Å². The minimum atomic E-state index is 0.880. The van der Waals surface area contributed by atoms with Gasteiger partial charge in [-0.1, -0.05) is 140 Å². The first-order chi connectivity index (χ1) is 27.3. The molecule has 11 aromatic rings. The molecular formula is C52H34N2O. The summed E-state index contributed by atoms with van der Waals surface area (Å²) in [5.74, 6) is 0. The number of rotatable bonds is 6. The second kappa shape index (κ2) is 12.6. The zero-order valence-corrected chi connectivity index (χ0v) is 29.9. The lowest BCUT2D eigenvalue weighted by Crippen LogP contribution is -2.10. The Hall–Kier alpha value is -7.36. The summed E-state index contributed by atoms with van der Waals surface area (Å²) in [6, 6.07) is 73.9. The van der Waals surface area contributed by atoms with Crippen LogP contribution in [0.15, 0.2) is 211 Å². The summed E-state index contributed by atoms with van der Waals surface area (Å²) in [6.45, 7) is 0. The van der Waals surface area contributed by atoms with Gasteiger partial charge in [-0.25, -0.2) is 0 Å². The van der Waals surface area contributed by atoms with Crippen molar-refractivity contribution in [2.24, 2.45) is 0 Å². The van der Waals surface area contributed by atoms with E-state index in [1.165, 1.54) is 44.1 Å². The van der Waals surface area contributed by atoms with Gasteiger partial charge in [0.2, 0.25) is 0 Å². The standard InChI is InChI=1S/C52H34N2O/c1-4-14-35(15-5-1)37-24-27-40(28-25-37)53(41-29-30-49-45(33-41)43-21-12-13-23-48(43)54(49)39-18-8-3-9-19-39)50-34-47-46-32-38(36-16-6-2-7-17-36)26-31-51(46)55-52(47)44-22-11-10-20-42(44)50/h1-34H. The Kier molecular flexibility index (Phi) is 7.17. The molecular weight excluding hydrogens is 669 g/mol. The third-order valence-corrected chi connectivity index (χ3v) is 11.0. The Labute approximate surface area is 318 Å². The number of benzene rings is 9. The molecule has 2 aromatic heterocycles. The Balaban J connectivity index is 1.18. The number of fused-ring (bicyclic) bond motifs is 8. The van der Waals surface area contributed by atoms with Crippen molar-refractivity contribution in [3.8, 4) is 27.9 Å². The van der Waals surface area contributed by atoms with E-state index in [9.17, 15) is 0 Å². The number of para-hydroxylation sites is 2. The van der Waals surface area contributed by atoms with E-state index >= 15 is 0 Å². The third-order valence-electron chi connectivity index (χ3n) is 11.0. The molecule has 0 atom stereocenters. The van der Waals surface area contributed by atoms with Gasteiger partial charge in [0.25, 0.3) is 0 Å². The quantitative estimate of drug-likeness (QED) is 0.172. The van der Waals surface area contributed by atoms with E-state index in [2.05, 4.69) is 216 Å². The third kappa shape index (κ3) is 5.13. The Morgan fingerprint density at radius 1 is 0.345 bits per heavy atom. The van der Waals surface area contributed by atoms with Crippen LogP contribution >= 0.6 is 0 Å². The fraction of sp³-hybridized carbons (Fsp3) is 0. The van der Waals surface area contributed by atoms with Gasteiger partial charge in [-0.05, 0) is 89.0 Å². The normalized spacial score (nSPS) is 11.6. The Morgan fingerprint density at radius 3 is 1.65 bits per heavy atom. The van der Waals surface area contributed by atoms with Crippen molar-refractivity contribution in [3.05, 3.63) is 206 Å². The van der Waals surface area contributed by atoms with Crippen molar-refractivity contribution in [3.63, 3.8) is 0 Å². The molecule has 0 bridgehead atoms. The summed E-state index contributed by atoms with van der Waals surface area (Å²) in [6.07, 6.45) is 0. The zero-order valence-electron chi connectivity index (χ0n) is 29.9. The second-order valence-corrected chi connectivity index (χ2v) is 14.1. The summed E-state index contributed by atoms with van der Waals surface area (Å²) < 4.78 is 9.07. The predicted octanol–water partition coefficient (Wildman–Crippen LogP) is 14.6. The van der Waals surface area contributed by atoms with Crippen LogP contribution in [0.1, 0.15) is 0 Å². The lowest BCUT2D eigenvalue weighted by Gasteiger charge is -2.27. The van der Waals surface area contributed by atoms with Crippen molar-refractivity contribution in [1.29, 1.82) is 0 Å². The monoisotopic (exact) mass is 702 g/mol. The summed E-state index contributed by atoms with van der Waals surface area (Å²) >= 11 is 0. The van der Waals surface area contributed by atoms with Crippen LogP contribution in [0.2, 0.25) is 0 Å². The molecule has 0 amide bonds. The smallest absolute Gasteiger partial charge is 0.143 e. The van der Waals surface area contributed by atoms with Crippen LogP contribution < -0.4 is 4.90 Å². The molecule has 3 nitrogen and oxygen atoms in total. The summed E-state index contributed by atoms with van der Waals surface area (Å²) in [5.41, 5.74) is 13.3. The topological polar surface area (TPSA) is 21.3 Å². The number of anilines is 3. The molecule has 0 saturated heterocycles. The van der Waals surface area contributed by atoms with E-state index in [-0.39, 0.29) is 0 Å². The molecule has 0 spiro atoms. The van der Waals surface area contributed by atoms with E-state index in [1.54, 1.807) is 0 Å². The average Bonchev–Trinajstić information content (AvgIpc) is 3.80. The van der Waals surface area contributed by atoms with Gasteiger partial charge in [-0.15, -0.1) is 0 Å². The van der Waals surface area contributed by atoms with Gasteiger partial charge in [0, 0.05) is 49.4 Å². The summed E-state index contributed by atoms with van der Waals surface area (Å²) in [5, 5.41) is 6.82. The number of hydrogen-bond donors (Lipinski definition) is 0. The predicted molar refractivity (Wildman–Crippen MR) is 231 cm³/mol. The summed E-state index contributed by atoms with van der Waals surface area (Å²) in [4.78, 5) is 2.42. The maximum absolute atomic E-state index is 6.70. The average molecular weight is 703 g/mol. The lowest BCUT2D eigenvalue weighted by molar-refractivity contribution is 0.672. The lowest BCUT2D eigenvalue weighted by atomic mass is 9.99. The fourth-order valence-corrected chi connectivity index (χ4v) is 8.39. The van der Waals surface area contributed by atoms with Crippen LogP contribution in [0.3, 0.4) is 0 Å². The van der Waals surface area contributed by atoms with Crippen molar-refractivity contribution < 1.29 is 4.42 Å². The first kappa shape index (κ1) is 31.2. The van der Waals surface area contributed by atoms with Crippen molar-refractivity contribution in [1.82, 2.24) is 4.57 Å². The van der Waals surface area contributed by atoms with E-state index in [4.69, 9.17) is 4.42 Å². The van der Waals surface area contributed by atoms with Gasteiger partial charge in [-0.3, -0.25) is 0 Å². The molecule has 258 valence electrons. The Morgan fingerprint density at radius 2 is 0.909 bits per heavy atom. The SMILES string of the molecule is c1ccc(-c2ccc(N(c3ccc4c(c3)c3ccccc3n4-c3ccccc3)c3cc4c5cc(-c6ccccc6)ccc5oc4c4ccccc34)cc2)cc1. The second-order valence-electron chi connectivity index (χ2n) is 14.1. The minimum absolute atomic E-state index is 0.880. The minimum Gasteiger partial charge on any atom is -0.455 e. The van der Waals surface area contributed by atoms with Crippen LogP contribution in [-0.2, 0) is 0 Å². The highest BCUT2D eigenvalue weighted by Gasteiger charge is 2.22. The van der Waals surface area contributed by atoms with Crippen LogP contribution in [-0.4, -0.2) is 4.57 Å². The molecule has 0 aliphatic heterocycles. The van der Waals surface area contributed by atoms with Crippen LogP contribution in [0.4, 0.5) is 17.1 Å². The van der Waals surface area contributed by atoms with Crippen molar-refractivity contribution in [2.45, 2.75) is 0 Å². The van der Waals surface area contributed by atoms with E-state index in [0.717, 1.165) is 55.5 Å². The number of furan rings is 1. The van der Waals surface area contributed by atoms with Gasteiger partial charge in [-0.2, -0.15) is 0 Å². The van der Waals surface area contributed by atoms with E-state index < -0.39 is 0 Å². The molecule has 0 aliphatic carbocycles. The largest absolute Gasteiger partial charge is 0.455 e. The van der Waals surface area contributed by atoms with Crippen molar-refractivity contribution in [2.75, 3.05) is 4.90 Å². The van der Waals surface area contributed by atoms with Gasteiger partial charge < -0.3 is 13.9 Å². The highest BCUT2D eigenvalue weighted by atomic mass is 16.3. The molecule has 0 fully saturated rings. The highest BCUT2D eigenvalue weighted by molar-refractivity contribution is 6.20. The van der Waals surface area contributed by atoms with E-state index in [0.29, 0.717) is 0 Å². The first-order valence-corrected chi connectivity index (χ1v) is 18.8. The van der Waals surface area contributed by atoms with Gasteiger partial charge in [0.15, 0.2) is 0 Å². The number of aromatic nitrogens is 1. The van der Waals surface area contributed by atoms with Gasteiger partial charge in [0.05, 0.1) is 16.7 Å². The fourth-order valence-electron chi connectivity index (χ4n) is 8.39. The zero-order chi connectivity index (χ0) is 36.3. The van der Waals surface area contributed by atoms with Gasteiger partial charge in [0.1, 0.15) is 11.2 Å². The molecule has 0 N–H and O–H groups in total. The maximum atomic E-state index is 6.70. The van der Waals surface area contributed by atoms with E-state index in [1.807, 2.05) is 0 Å². The van der Waals surface area contributed by atoms with Crippen LogP contribution in [0.25, 0.3) is 82.5 Å². The Bertz CT molecular complexity index is 3180. The van der Waals surface area contributed by atoms with Gasteiger partial charge >= 0.3 is 0 Å². The number of nitrogens with zero attached hydrogens (tertiary/aromatic N) is 2.